The molecule has 0 aliphatic heterocycles. The Kier molecular flexibility index (Phi) is 3.54. The van der Waals surface area contributed by atoms with E-state index in [4.69, 9.17) is 8.83 Å². The first kappa shape index (κ1) is 12.2. The van der Waals surface area contributed by atoms with Gasteiger partial charge in [0.25, 0.3) is 0 Å². The second-order valence-electron chi connectivity index (χ2n) is 3.72. The van der Waals surface area contributed by atoms with Crippen LogP contribution in [0, 0.1) is 0 Å². The van der Waals surface area contributed by atoms with Crippen molar-refractivity contribution in [1.82, 2.24) is 5.32 Å². The van der Waals surface area contributed by atoms with E-state index in [-0.39, 0.29) is 11.0 Å². The maximum absolute atomic E-state index is 11.8. The van der Waals surface area contributed by atoms with Crippen molar-refractivity contribution in [1.29, 1.82) is 0 Å². The second kappa shape index (κ2) is 4.93. The molecule has 0 aliphatic carbocycles. The predicted octanol–water partition coefficient (Wildman–Crippen LogP) is 1.80. The summed E-state index contributed by atoms with van der Waals surface area (Å²) in [6.45, 7) is 1.56. The van der Waals surface area contributed by atoms with Crippen molar-refractivity contribution >= 4 is 33.0 Å². The highest BCUT2D eigenvalue weighted by molar-refractivity contribution is 9.10. The molecule has 0 saturated heterocycles. The molecule has 0 aromatic carbocycles. The summed E-state index contributed by atoms with van der Waals surface area (Å²) in [5, 5.41) is 3.04. The fraction of sp³-hybridized carbons (Fsp3) is 0.364. The molecule has 0 bridgehead atoms. The number of anilines is 1. The summed E-state index contributed by atoms with van der Waals surface area (Å²) in [6, 6.07) is 1.44. The van der Waals surface area contributed by atoms with Crippen LogP contribution in [0.1, 0.15) is 0 Å². The van der Waals surface area contributed by atoms with E-state index in [1.165, 1.54) is 12.3 Å². The lowest BCUT2D eigenvalue weighted by atomic mass is 10.4. The van der Waals surface area contributed by atoms with Crippen LogP contribution in [0.2, 0.25) is 0 Å². The van der Waals surface area contributed by atoms with Crippen LogP contribution in [-0.4, -0.2) is 27.2 Å². The average molecular weight is 301 g/mol. The van der Waals surface area contributed by atoms with Gasteiger partial charge in [-0.15, -0.1) is 0 Å². The molecule has 1 N–H and O–H groups in total. The minimum absolute atomic E-state index is 0.178. The highest BCUT2D eigenvalue weighted by Gasteiger charge is 2.13. The summed E-state index contributed by atoms with van der Waals surface area (Å²) >= 11 is 3.28. The first-order valence-electron chi connectivity index (χ1n) is 5.20. The average Bonchev–Trinajstić information content (AvgIpc) is 2.69. The molecule has 0 radical (unpaired) electrons. The van der Waals surface area contributed by atoms with E-state index in [0.29, 0.717) is 15.9 Å². The minimum Gasteiger partial charge on any atom is -0.456 e. The van der Waals surface area contributed by atoms with Crippen LogP contribution < -0.4 is 15.6 Å². The first-order valence-corrected chi connectivity index (χ1v) is 5.99. The Labute approximate surface area is 107 Å². The largest absolute Gasteiger partial charge is 0.456 e. The third kappa shape index (κ3) is 2.37. The molecule has 2 rings (SSSR count). The maximum atomic E-state index is 11.8. The van der Waals surface area contributed by atoms with Crippen molar-refractivity contribution in [3.8, 4) is 0 Å². The van der Waals surface area contributed by atoms with Gasteiger partial charge in [0.1, 0.15) is 6.26 Å². The first-order chi connectivity index (χ1) is 8.13. The van der Waals surface area contributed by atoms with Gasteiger partial charge in [-0.3, -0.25) is 4.79 Å². The van der Waals surface area contributed by atoms with Crippen LogP contribution in [0.15, 0.2) is 30.4 Å². The van der Waals surface area contributed by atoms with Gasteiger partial charge < -0.3 is 19.1 Å². The van der Waals surface area contributed by atoms with Crippen LogP contribution >= 0.6 is 15.9 Å². The van der Waals surface area contributed by atoms with Crippen LogP contribution in [-0.2, 0) is 0 Å². The molecule has 2 aromatic heterocycles. The molecule has 0 saturated carbocycles. The van der Waals surface area contributed by atoms with E-state index >= 15 is 0 Å². The van der Waals surface area contributed by atoms with E-state index < -0.39 is 0 Å². The molecule has 5 nitrogen and oxygen atoms in total. The van der Waals surface area contributed by atoms with Gasteiger partial charge in [0.2, 0.25) is 11.0 Å². The maximum Gasteiger partial charge on any atom is 0.230 e. The van der Waals surface area contributed by atoms with E-state index in [1.807, 2.05) is 19.0 Å². The lowest BCUT2D eigenvalue weighted by Crippen LogP contribution is -2.27. The summed E-state index contributed by atoms with van der Waals surface area (Å²) < 4.78 is 11.4. The number of rotatable bonds is 4. The summed E-state index contributed by atoms with van der Waals surface area (Å²) in [7, 11) is 3.75. The SMILES string of the molecule is CNCCN(C)c1cc(=O)c2occ(Br)c2o1. The molecule has 17 heavy (non-hydrogen) atoms. The Morgan fingerprint density at radius 3 is 2.94 bits per heavy atom. The summed E-state index contributed by atoms with van der Waals surface area (Å²) in [6.07, 6.45) is 1.45. The topological polar surface area (TPSA) is 58.6 Å². The summed E-state index contributed by atoms with van der Waals surface area (Å²) in [5.74, 6) is 0.528. The molecule has 0 fully saturated rings. The minimum atomic E-state index is -0.178. The third-order valence-electron chi connectivity index (χ3n) is 2.46. The Hall–Kier alpha value is -1.27. The number of nitrogens with zero attached hydrogens (tertiary/aromatic N) is 1. The zero-order chi connectivity index (χ0) is 12.4. The van der Waals surface area contributed by atoms with Gasteiger partial charge in [-0.25, -0.2) is 0 Å². The van der Waals surface area contributed by atoms with Crippen molar-refractivity contribution in [2.24, 2.45) is 0 Å². The number of halogens is 1. The molecule has 0 amide bonds. The smallest absolute Gasteiger partial charge is 0.230 e. The number of nitrogens with one attached hydrogen (secondary N) is 1. The highest BCUT2D eigenvalue weighted by Crippen LogP contribution is 2.26. The summed E-state index contributed by atoms with van der Waals surface area (Å²) in [4.78, 5) is 13.6. The van der Waals surface area contributed by atoms with Gasteiger partial charge in [-0.1, -0.05) is 0 Å². The Balaban J connectivity index is 2.42. The van der Waals surface area contributed by atoms with Crippen molar-refractivity contribution in [2.45, 2.75) is 0 Å². The molecule has 6 heteroatoms. The van der Waals surface area contributed by atoms with Crippen LogP contribution in [0.3, 0.4) is 0 Å². The highest BCUT2D eigenvalue weighted by atomic mass is 79.9. The summed E-state index contributed by atoms with van der Waals surface area (Å²) in [5.41, 5.74) is 0.509. The molecule has 92 valence electrons. The molecule has 0 atom stereocenters. The third-order valence-corrected chi connectivity index (χ3v) is 3.01. The molecular formula is C11H13BrN2O3. The van der Waals surface area contributed by atoms with Crippen molar-refractivity contribution in [2.75, 3.05) is 32.1 Å². The van der Waals surface area contributed by atoms with Crippen LogP contribution in [0.25, 0.3) is 11.2 Å². The fourth-order valence-corrected chi connectivity index (χ4v) is 1.84. The van der Waals surface area contributed by atoms with Crippen molar-refractivity contribution in [3.05, 3.63) is 27.0 Å². The molecule has 0 spiro atoms. The molecular weight excluding hydrogens is 288 g/mol. The van der Waals surface area contributed by atoms with Gasteiger partial charge in [0.15, 0.2) is 11.5 Å². The zero-order valence-corrected chi connectivity index (χ0v) is 11.2. The number of furan rings is 1. The monoisotopic (exact) mass is 300 g/mol. The number of hydrogen-bond donors (Lipinski definition) is 1. The Bertz CT molecular complexity index is 576. The lowest BCUT2D eigenvalue weighted by Gasteiger charge is -2.16. The molecule has 0 aliphatic rings. The van der Waals surface area contributed by atoms with Gasteiger partial charge in [-0.2, -0.15) is 0 Å². The van der Waals surface area contributed by atoms with E-state index in [0.717, 1.165) is 13.1 Å². The van der Waals surface area contributed by atoms with Gasteiger partial charge in [-0.05, 0) is 23.0 Å². The van der Waals surface area contributed by atoms with E-state index in [1.54, 1.807) is 0 Å². The van der Waals surface area contributed by atoms with Crippen LogP contribution in [0.5, 0.6) is 0 Å². The van der Waals surface area contributed by atoms with Gasteiger partial charge in [0.05, 0.1) is 10.5 Å². The fourth-order valence-electron chi connectivity index (χ4n) is 1.48. The lowest BCUT2D eigenvalue weighted by molar-refractivity contribution is 0.566. The normalized spacial score (nSPS) is 11.0. The quantitative estimate of drug-likeness (QED) is 0.933. The molecule has 2 aromatic rings. The zero-order valence-electron chi connectivity index (χ0n) is 9.62. The van der Waals surface area contributed by atoms with Gasteiger partial charge in [0, 0.05) is 20.1 Å². The predicted molar refractivity (Wildman–Crippen MR) is 69.6 cm³/mol. The van der Waals surface area contributed by atoms with E-state index in [9.17, 15) is 4.79 Å². The Morgan fingerprint density at radius 2 is 2.24 bits per heavy atom. The Morgan fingerprint density at radius 1 is 1.47 bits per heavy atom. The molecule has 2 heterocycles. The number of hydrogen-bond acceptors (Lipinski definition) is 5. The van der Waals surface area contributed by atoms with Crippen molar-refractivity contribution < 1.29 is 8.83 Å². The van der Waals surface area contributed by atoms with E-state index in [2.05, 4.69) is 21.2 Å². The van der Waals surface area contributed by atoms with Crippen molar-refractivity contribution in [3.63, 3.8) is 0 Å². The molecule has 0 unspecified atom stereocenters. The van der Waals surface area contributed by atoms with Gasteiger partial charge >= 0.3 is 0 Å². The second-order valence-corrected chi connectivity index (χ2v) is 4.57. The number of fused-ring (bicyclic) bond motifs is 1. The van der Waals surface area contributed by atoms with Crippen LogP contribution in [0.4, 0.5) is 5.88 Å². The number of likely N-dealkylation sites (N-methyl/N-ethyl adjacent to an activating group) is 2. The standard InChI is InChI=1S/C11H13BrN2O3/c1-13-3-4-14(2)9-5-8(15)11-10(17-9)7(12)6-16-11/h5-6,13H,3-4H2,1-2H3.